The van der Waals surface area contributed by atoms with Crippen LogP contribution in [0.15, 0.2) is 0 Å². The molecule has 0 bridgehead atoms. The van der Waals surface area contributed by atoms with Crippen LogP contribution in [0.4, 0.5) is 0 Å². The second kappa shape index (κ2) is 4.09. The molecule has 0 aromatic heterocycles. The number of hydrogen-bond acceptors (Lipinski definition) is 3. The third-order valence-corrected chi connectivity index (χ3v) is 1.65. The molecule has 0 aromatic rings. The Kier molecular flexibility index (Phi) is 3.77. The van der Waals surface area contributed by atoms with Gasteiger partial charge >= 0.3 is 0 Å². The van der Waals surface area contributed by atoms with Crippen molar-refractivity contribution < 1.29 is 9.90 Å². The molecule has 0 heterocycles. The number of hydrogen-bond donors (Lipinski definition) is 1. The first kappa shape index (κ1) is 10.1. The molecule has 3 heteroatoms. The summed E-state index contributed by atoms with van der Waals surface area (Å²) < 4.78 is 0. The van der Waals surface area contributed by atoms with E-state index in [-0.39, 0.29) is 18.6 Å². The van der Waals surface area contributed by atoms with Crippen molar-refractivity contribution in [2.75, 3.05) is 0 Å². The molecular formula is C8H13NO2. The van der Waals surface area contributed by atoms with Gasteiger partial charge in [-0.15, -0.1) is 0 Å². The zero-order valence-electron chi connectivity index (χ0n) is 6.92. The van der Waals surface area contributed by atoms with Gasteiger partial charge in [-0.25, -0.2) is 0 Å². The molecule has 0 rings (SSSR count). The summed E-state index contributed by atoms with van der Waals surface area (Å²) in [6.45, 7) is 3.15. The third kappa shape index (κ3) is 3.15. The Hall–Kier alpha value is -0.880. The quantitative estimate of drug-likeness (QED) is 0.659. The van der Waals surface area contributed by atoms with Crippen LogP contribution >= 0.6 is 0 Å². The van der Waals surface area contributed by atoms with Crippen LogP contribution in [0.1, 0.15) is 33.1 Å². The Morgan fingerprint density at radius 2 is 2.27 bits per heavy atom. The van der Waals surface area contributed by atoms with Gasteiger partial charge in [-0.1, -0.05) is 6.92 Å². The van der Waals surface area contributed by atoms with E-state index in [9.17, 15) is 9.90 Å². The van der Waals surface area contributed by atoms with Crippen molar-refractivity contribution in [1.82, 2.24) is 0 Å². The maximum absolute atomic E-state index is 11.0. The Labute approximate surface area is 66.6 Å². The molecule has 1 unspecified atom stereocenters. The molecule has 0 aliphatic carbocycles. The summed E-state index contributed by atoms with van der Waals surface area (Å²) in [6, 6.07) is 1.89. The Bertz CT molecular complexity index is 179. The van der Waals surface area contributed by atoms with E-state index in [1.54, 1.807) is 6.92 Å². The summed E-state index contributed by atoms with van der Waals surface area (Å²) in [6.07, 6.45) is 0.771. The number of nitriles is 1. The number of nitrogens with zero attached hydrogens (tertiary/aromatic N) is 1. The number of carbonyl (C=O) groups excluding carboxylic acids is 1. The first-order valence-electron chi connectivity index (χ1n) is 3.67. The fourth-order valence-electron chi connectivity index (χ4n) is 0.820. The van der Waals surface area contributed by atoms with Crippen LogP contribution in [-0.2, 0) is 4.79 Å². The van der Waals surface area contributed by atoms with Gasteiger partial charge in [0.2, 0.25) is 0 Å². The fourth-order valence-corrected chi connectivity index (χ4v) is 0.820. The number of rotatable bonds is 4. The second-order valence-electron chi connectivity index (χ2n) is 2.71. The minimum atomic E-state index is -1.30. The van der Waals surface area contributed by atoms with Gasteiger partial charge in [0.1, 0.15) is 5.60 Å². The normalized spacial score (nSPS) is 15.1. The molecule has 11 heavy (non-hydrogen) atoms. The minimum Gasteiger partial charge on any atom is -0.382 e. The van der Waals surface area contributed by atoms with E-state index in [0.717, 1.165) is 0 Å². The standard InChI is InChI=1S/C8H13NO2/c1-3-7(10)8(2,11)5-4-6-9/h11H,3-5H2,1-2H3. The summed E-state index contributed by atoms with van der Waals surface area (Å²) in [5.74, 6) is -0.201. The van der Waals surface area contributed by atoms with Gasteiger partial charge in [-0.3, -0.25) is 4.79 Å². The van der Waals surface area contributed by atoms with E-state index in [4.69, 9.17) is 5.26 Å². The number of carbonyl (C=O) groups is 1. The highest BCUT2D eigenvalue weighted by molar-refractivity contribution is 5.86. The molecular weight excluding hydrogens is 142 g/mol. The summed E-state index contributed by atoms with van der Waals surface area (Å²) >= 11 is 0. The van der Waals surface area contributed by atoms with E-state index in [2.05, 4.69) is 0 Å². The predicted octanol–water partition coefficient (Wildman–Crippen LogP) is 1.02. The highest BCUT2D eigenvalue weighted by atomic mass is 16.3. The van der Waals surface area contributed by atoms with E-state index in [1.807, 2.05) is 6.07 Å². The first-order valence-corrected chi connectivity index (χ1v) is 3.67. The van der Waals surface area contributed by atoms with Gasteiger partial charge in [0.05, 0.1) is 6.07 Å². The molecule has 1 N–H and O–H groups in total. The van der Waals surface area contributed by atoms with Crippen LogP contribution in [0, 0.1) is 11.3 Å². The first-order chi connectivity index (χ1) is 5.04. The van der Waals surface area contributed by atoms with E-state index in [1.165, 1.54) is 6.92 Å². The van der Waals surface area contributed by atoms with Crippen LogP contribution < -0.4 is 0 Å². The number of ketones is 1. The zero-order valence-corrected chi connectivity index (χ0v) is 6.92. The smallest absolute Gasteiger partial charge is 0.163 e. The maximum atomic E-state index is 11.0. The van der Waals surface area contributed by atoms with E-state index < -0.39 is 5.60 Å². The molecule has 0 fully saturated rings. The maximum Gasteiger partial charge on any atom is 0.163 e. The molecule has 3 nitrogen and oxygen atoms in total. The second-order valence-corrected chi connectivity index (χ2v) is 2.71. The topological polar surface area (TPSA) is 61.1 Å². The summed E-state index contributed by atoms with van der Waals surface area (Å²) in [5.41, 5.74) is -1.30. The van der Waals surface area contributed by atoms with Crippen LogP contribution in [0.25, 0.3) is 0 Å². The average Bonchev–Trinajstić information content (AvgIpc) is 1.99. The predicted molar refractivity (Wildman–Crippen MR) is 40.8 cm³/mol. The zero-order chi connectivity index (χ0) is 8.91. The van der Waals surface area contributed by atoms with Crippen molar-refractivity contribution in [3.05, 3.63) is 0 Å². The van der Waals surface area contributed by atoms with Gasteiger partial charge in [0, 0.05) is 12.8 Å². The number of aliphatic hydroxyl groups is 1. The van der Waals surface area contributed by atoms with Crippen molar-refractivity contribution in [1.29, 1.82) is 5.26 Å². The van der Waals surface area contributed by atoms with Gasteiger partial charge < -0.3 is 5.11 Å². The summed E-state index contributed by atoms with van der Waals surface area (Å²) in [5, 5.41) is 17.6. The SMILES string of the molecule is CCC(=O)C(C)(O)CCC#N. The van der Waals surface area contributed by atoms with Crippen LogP contribution in [0.3, 0.4) is 0 Å². The van der Waals surface area contributed by atoms with E-state index >= 15 is 0 Å². The van der Waals surface area contributed by atoms with Crippen molar-refractivity contribution in [3.63, 3.8) is 0 Å². The summed E-state index contributed by atoms with van der Waals surface area (Å²) in [7, 11) is 0. The Morgan fingerprint density at radius 3 is 2.64 bits per heavy atom. The Balaban J connectivity index is 4.01. The van der Waals surface area contributed by atoms with Gasteiger partial charge in [0.25, 0.3) is 0 Å². The largest absolute Gasteiger partial charge is 0.382 e. The lowest BCUT2D eigenvalue weighted by Gasteiger charge is -2.18. The molecule has 0 saturated heterocycles. The Morgan fingerprint density at radius 1 is 1.73 bits per heavy atom. The molecule has 62 valence electrons. The molecule has 0 aliphatic heterocycles. The fraction of sp³-hybridized carbons (Fsp3) is 0.750. The molecule has 0 spiro atoms. The summed E-state index contributed by atoms with van der Waals surface area (Å²) in [4.78, 5) is 11.0. The van der Waals surface area contributed by atoms with Crippen molar-refractivity contribution in [2.45, 2.75) is 38.7 Å². The molecule has 0 amide bonds. The third-order valence-electron chi connectivity index (χ3n) is 1.65. The molecule has 1 atom stereocenters. The van der Waals surface area contributed by atoms with Crippen molar-refractivity contribution in [2.24, 2.45) is 0 Å². The molecule has 0 aromatic carbocycles. The highest BCUT2D eigenvalue weighted by Crippen LogP contribution is 2.14. The van der Waals surface area contributed by atoms with Crippen LogP contribution in [0.2, 0.25) is 0 Å². The lowest BCUT2D eigenvalue weighted by atomic mass is 9.94. The van der Waals surface area contributed by atoms with Crippen LogP contribution in [0.5, 0.6) is 0 Å². The van der Waals surface area contributed by atoms with Crippen LogP contribution in [-0.4, -0.2) is 16.5 Å². The van der Waals surface area contributed by atoms with E-state index in [0.29, 0.717) is 6.42 Å². The average molecular weight is 155 g/mol. The minimum absolute atomic E-state index is 0.201. The van der Waals surface area contributed by atoms with Gasteiger partial charge in [0.15, 0.2) is 5.78 Å². The lowest BCUT2D eigenvalue weighted by Crippen LogP contribution is -2.34. The van der Waals surface area contributed by atoms with Gasteiger partial charge in [-0.2, -0.15) is 5.26 Å². The number of Topliss-reactive ketones (excluding diaryl/α,β-unsaturated/α-hetero) is 1. The molecule has 0 saturated carbocycles. The lowest BCUT2D eigenvalue weighted by molar-refractivity contribution is -0.135. The molecule has 0 aliphatic rings. The van der Waals surface area contributed by atoms with Crippen molar-refractivity contribution in [3.8, 4) is 6.07 Å². The van der Waals surface area contributed by atoms with Gasteiger partial charge in [-0.05, 0) is 13.3 Å². The monoisotopic (exact) mass is 155 g/mol. The van der Waals surface area contributed by atoms with Crippen molar-refractivity contribution >= 4 is 5.78 Å². The molecule has 0 radical (unpaired) electrons. The highest BCUT2D eigenvalue weighted by Gasteiger charge is 2.27.